The van der Waals surface area contributed by atoms with Gasteiger partial charge in [-0.25, -0.2) is 9.36 Å². The van der Waals surface area contributed by atoms with Crippen molar-refractivity contribution in [2.24, 2.45) is 0 Å². The molecule has 18 heavy (non-hydrogen) atoms. The number of aromatic nitrogens is 2. The van der Waals surface area contributed by atoms with Gasteiger partial charge in [0.2, 0.25) is 5.91 Å². The first kappa shape index (κ1) is 12.3. The number of rotatable bonds is 3. The zero-order chi connectivity index (χ0) is 13.1. The SMILES string of the molecule is O=C(O)CNC(=O)C1CCCCc2noc(=O)n21. The van der Waals surface area contributed by atoms with E-state index in [9.17, 15) is 14.4 Å². The summed E-state index contributed by atoms with van der Waals surface area (Å²) in [5, 5.41) is 14.4. The normalized spacial score (nSPS) is 18.8. The minimum Gasteiger partial charge on any atom is -0.480 e. The number of aliphatic carboxylic acids is 1. The molecule has 2 heterocycles. The number of nitrogens with zero attached hydrogens (tertiary/aromatic N) is 2. The van der Waals surface area contributed by atoms with E-state index in [0.29, 0.717) is 18.7 Å². The van der Waals surface area contributed by atoms with Crippen molar-refractivity contribution in [3.05, 3.63) is 16.4 Å². The molecule has 8 nitrogen and oxygen atoms in total. The second kappa shape index (κ2) is 5.03. The third-order valence-electron chi connectivity index (χ3n) is 2.86. The van der Waals surface area contributed by atoms with Crippen LogP contribution in [0.1, 0.15) is 31.1 Å². The predicted octanol–water partition coefficient (Wildman–Crippen LogP) is -0.695. The predicted molar refractivity (Wildman–Crippen MR) is 58.0 cm³/mol. The standard InChI is InChI=1S/C10H13N3O5/c14-8(15)5-11-9(16)6-3-1-2-4-7-12-18-10(17)13(6)7/h6H,1-5H2,(H,11,16)(H,14,15). The minimum absolute atomic E-state index is 0.438. The van der Waals surface area contributed by atoms with E-state index in [2.05, 4.69) is 15.0 Å². The Kier molecular flexibility index (Phi) is 3.45. The van der Waals surface area contributed by atoms with Crippen molar-refractivity contribution in [2.75, 3.05) is 6.54 Å². The molecule has 0 saturated heterocycles. The minimum atomic E-state index is -1.13. The van der Waals surface area contributed by atoms with Gasteiger partial charge in [-0.2, -0.15) is 0 Å². The number of carboxylic acid groups (broad SMARTS) is 1. The van der Waals surface area contributed by atoms with Crippen LogP contribution < -0.4 is 11.1 Å². The zero-order valence-corrected chi connectivity index (χ0v) is 9.59. The van der Waals surface area contributed by atoms with Gasteiger partial charge in [-0.3, -0.25) is 14.1 Å². The molecule has 2 rings (SSSR count). The van der Waals surface area contributed by atoms with Gasteiger partial charge in [-0.05, 0) is 12.8 Å². The Balaban J connectivity index is 2.22. The van der Waals surface area contributed by atoms with Crippen molar-refractivity contribution in [1.82, 2.24) is 15.0 Å². The lowest BCUT2D eigenvalue weighted by Gasteiger charge is -2.14. The van der Waals surface area contributed by atoms with Crippen LogP contribution in [-0.4, -0.2) is 33.3 Å². The number of fused-ring (bicyclic) bond motifs is 1. The fourth-order valence-corrected chi connectivity index (χ4v) is 2.04. The molecule has 1 aromatic rings. The van der Waals surface area contributed by atoms with Gasteiger partial charge in [0.05, 0.1) is 0 Å². The molecule has 0 aliphatic carbocycles. The smallest absolute Gasteiger partial charge is 0.442 e. The second-order valence-corrected chi connectivity index (χ2v) is 4.11. The van der Waals surface area contributed by atoms with Crippen LogP contribution in [0.15, 0.2) is 9.32 Å². The third kappa shape index (κ3) is 2.41. The Morgan fingerprint density at radius 2 is 2.28 bits per heavy atom. The van der Waals surface area contributed by atoms with Gasteiger partial charge < -0.3 is 10.4 Å². The van der Waals surface area contributed by atoms with Crippen LogP contribution in [0, 0.1) is 0 Å². The summed E-state index contributed by atoms with van der Waals surface area (Å²) in [4.78, 5) is 33.8. The van der Waals surface area contributed by atoms with Crippen LogP contribution in [0.3, 0.4) is 0 Å². The summed E-state index contributed by atoms with van der Waals surface area (Å²) in [5.74, 6) is -1.86. The van der Waals surface area contributed by atoms with E-state index < -0.39 is 30.2 Å². The van der Waals surface area contributed by atoms with Gasteiger partial charge >= 0.3 is 11.7 Å². The number of carbonyl (C=O) groups excluding carboxylic acids is 1. The molecule has 0 spiro atoms. The number of carboxylic acids is 1. The molecule has 1 atom stereocenters. The summed E-state index contributed by atoms with van der Waals surface area (Å²) in [5.41, 5.74) is 0. The summed E-state index contributed by atoms with van der Waals surface area (Å²) in [6.45, 7) is -0.468. The molecule has 0 aromatic carbocycles. The van der Waals surface area contributed by atoms with Crippen molar-refractivity contribution < 1.29 is 19.2 Å². The summed E-state index contributed by atoms with van der Waals surface area (Å²) in [6, 6.07) is -0.736. The average molecular weight is 255 g/mol. The van der Waals surface area contributed by atoms with E-state index >= 15 is 0 Å². The molecule has 98 valence electrons. The lowest BCUT2D eigenvalue weighted by atomic mass is 10.1. The van der Waals surface area contributed by atoms with Gasteiger partial charge in [0.25, 0.3) is 0 Å². The van der Waals surface area contributed by atoms with Crippen LogP contribution >= 0.6 is 0 Å². The Hall–Kier alpha value is -2.12. The monoisotopic (exact) mass is 255 g/mol. The van der Waals surface area contributed by atoms with Crippen molar-refractivity contribution in [3.8, 4) is 0 Å². The van der Waals surface area contributed by atoms with E-state index in [1.807, 2.05) is 0 Å². The molecule has 1 aromatic heterocycles. The number of nitrogens with one attached hydrogen (secondary N) is 1. The van der Waals surface area contributed by atoms with Crippen LogP contribution in [0.25, 0.3) is 0 Å². The molecule has 0 fully saturated rings. The highest BCUT2D eigenvalue weighted by Gasteiger charge is 2.28. The van der Waals surface area contributed by atoms with Crippen LogP contribution in [0.4, 0.5) is 0 Å². The highest BCUT2D eigenvalue weighted by molar-refractivity contribution is 5.84. The zero-order valence-electron chi connectivity index (χ0n) is 9.59. The number of amides is 1. The van der Waals surface area contributed by atoms with E-state index in [0.717, 1.165) is 12.8 Å². The largest absolute Gasteiger partial charge is 0.480 e. The lowest BCUT2D eigenvalue weighted by Crippen LogP contribution is -2.38. The molecule has 0 bridgehead atoms. The first-order chi connectivity index (χ1) is 8.59. The summed E-state index contributed by atoms with van der Waals surface area (Å²) >= 11 is 0. The maximum atomic E-state index is 11.9. The van der Waals surface area contributed by atoms with Gasteiger partial charge in [0.15, 0.2) is 5.82 Å². The number of aryl methyl sites for hydroxylation is 1. The fraction of sp³-hybridized carbons (Fsp3) is 0.600. The third-order valence-corrected chi connectivity index (χ3v) is 2.86. The molecule has 0 radical (unpaired) electrons. The molecule has 0 saturated carbocycles. The Morgan fingerprint density at radius 3 is 3.00 bits per heavy atom. The first-order valence-corrected chi connectivity index (χ1v) is 5.66. The maximum Gasteiger partial charge on any atom is 0.442 e. The van der Waals surface area contributed by atoms with Crippen molar-refractivity contribution in [2.45, 2.75) is 31.7 Å². The lowest BCUT2D eigenvalue weighted by molar-refractivity contribution is -0.138. The van der Waals surface area contributed by atoms with E-state index in [1.165, 1.54) is 4.57 Å². The Bertz CT molecular complexity index is 518. The maximum absolute atomic E-state index is 11.9. The highest BCUT2D eigenvalue weighted by atomic mass is 16.5. The van der Waals surface area contributed by atoms with Crippen molar-refractivity contribution >= 4 is 11.9 Å². The topological polar surface area (TPSA) is 114 Å². The number of carbonyl (C=O) groups is 2. The van der Waals surface area contributed by atoms with E-state index in [1.54, 1.807) is 0 Å². The molecule has 2 N–H and O–H groups in total. The van der Waals surface area contributed by atoms with Crippen molar-refractivity contribution in [3.63, 3.8) is 0 Å². The van der Waals surface area contributed by atoms with Crippen LogP contribution in [0.2, 0.25) is 0 Å². The molecular formula is C10H13N3O5. The fourth-order valence-electron chi connectivity index (χ4n) is 2.04. The average Bonchev–Trinajstić information content (AvgIpc) is 2.58. The molecular weight excluding hydrogens is 242 g/mol. The van der Waals surface area contributed by atoms with Gasteiger partial charge in [0.1, 0.15) is 12.6 Å². The van der Waals surface area contributed by atoms with Gasteiger partial charge in [-0.15, -0.1) is 0 Å². The summed E-state index contributed by atoms with van der Waals surface area (Å²) < 4.78 is 5.75. The highest BCUT2D eigenvalue weighted by Crippen LogP contribution is 2.21. The van der Waals surface area contributed by atoms with Gasteiger partial charge in [0, 0.05) is 6.42 Å². The van der Waals surface area contributed by atoms with Crippen LogP contribution in [-0.2, 0) is 16.0 Å². The number of hydrogen-bond acceptors (Lipinski definition) is 5. The van der Waals surface area contributed by atoms with Crippen molar-refractivity contribution in [1.29, 1.82) is 0 Å². The van der Waals surface area contributed by atoms with E-state index in [-0.39, 0.29) is 0 Å². The van der Waals surface area contributed by atoms with E-state index in [4.69, 9.17) is 5.11 Å². The second-order valence-electron chi connectivity index (χ2n) is 4.11. The Morgan fingerprint density at radius 1 is 1.50 bits per heavy atom. The first-order valence-electron chi connectivity index (χ1n) is 5.66. The summed E-state index contributed by atoms with van der Waals surface area (Å²) in [6.07, 6.45) is 2.64. The quantitative estimate of drug-likeness (QED) is 0.738. The van der Waals surface area contributed by atoms with Gasteiger partial charge in [-0.1, -0.05) is 11.6 Å². The molecule has 1 unspecified atom stereocenters. The van der Waals surface area contributed by atoms with Crippen LogP contribution in [0.5, 0.6) is 0 Å². The Labute approximate surface area is 102 Å². The molecule has 1 aliphatic heterocycles. The number of hydrogen-bond donors (Lipinski definition) is 2. The molecule has 1 aliphatic rings. The summed E-state index contributed by atoms with van der Waals surface area (Å²) in [7, 11) is 0. The molecule has 8 heteroatoms. The molecule has 1 amide bonds.